The summed E-state index contributed by atoms with van der Waals surface area (Å²) in [6.07, 6.45) is 0. The number of rotatable bonds is 3. The Labute approximate surface area is 126 Å². The Morgan fingerprint density at radius 1 is 1.00 bits per heavy atom. The lowest BCUT2D eigenvalue weighted by Crippen LogP contribution is -2.29. The highest BCUT2D eigenvalue weighted by Crippen LogP contribution is 2.47. The van der Waals surface area contributed by atoms with Crippen LogP contribution in [0.5, 0.6) is 0 Å². The molecule has 0 bridgehead atoms. The second kappa shape index (κ2) is 5.48. The number of hydrogen-bond acceptors (Lipinski definition) is 1. The fraction of sp³-hybridized carbons (Fsp3) is 0.235. The number of hydrogen-bond donors (Lipinski definition) is 1. The molecule has 3 rings (SSSR count). The molecule has 0 radical (unpaired) electrons. The third kappa shape index (κ3) is 2.58. The molecule has 1 aliphatic carbocycles. The molecule has 1 aliphatic rings. The Morgan fingerprint density at radius 2 is 1.59 bits per heavy atom. The average Bonchev–Trinajstić information content (AvgIpc) is 3.09. The Morgan fingerprint density at radius 3 is 2.18 bits per heavy atom. The molecular formula is C17H14F3NO. The summed E-state index contributed by atoms with van der Waals surface area (Å²) in [5, 5.41) is 2.65. The van der Waals surface area contributed by atoms with Crippen LogP contribution in [0, 0.1) is 23.4 Å². The minimum absolute atomic E-state index is 0.0272. The largest absolute Gasteiger partial charge is 0.348 e. The molecule has 0 aliphatic heterocycles. The first kappa shape index (κ1) is 14.6. The normalized spacial score (nSPS) is 23.2. The summed E-state index contributed by atoms with van der Waals surface area (Å²) >= 11 is 0. The first-order chi connectivity index (χ1) is 10.5. The third-order valence-electron chi connectivity index (χ3n) is 4.12. The van der Waals surface area contributed by atoms with Gasteiger partial charge in [-0.05, 0) is 35.7 Å². The van der Waals surface area contributed by atoms with Crippen LogP contribution < -0.4 is 5.32 Å². The molecule has 3 atom stereocenters. The number of carbonyl (C=O) groups is 1. The summed E-state index contributed by atoms with van der Waals surface area (Å²) in [5.74, 6) is -2.71. The van der Waals surface area contributed by atoms with Crippen LogP contribution in [0.2, 0.25) is 0 Å². The zero-order valence-corrected chi connectivity index (χ0v) is 11.8. The number of benzene rings is 2. The fourth-order valence-electron chi connectivity index (χ4n) is 2.82. The van der Waals surface area contributed by atoms with E-state index in [4.69, 9.17) is 0 Å². The van der Waals surface area contributed by atoms with E-state index in [1.807, 2.05) is 6.92 Å². The van der Waals surface area contributed by atoms with Gasteiger partial charge in [0.1, 0.15) is 23.0 Å². The summed E-state index contributed by atoms with van der Waals surface area (Å²) < 4.78 is 40.1. The molecule has 5 heteroatoms. The van der Waals surface area contributed by atoms with Gasteiger partial charge in [-0.2, -0.15) is 0 Å². The molecule has 2 aromatic rings. The van der Waals surface area contributed by atoms with Crippen LogP contribution in [0.25, 0.3) is 0 Å². The summed E-state index contributed by atoms with van der Waals surface area (Å²) in [4.78, 5) is 12.1. The van der Waals surface area contributed by atoms with Gasteiger partial charge < -0.3 is 5.32 Å². The number of amides is 1. The molecule has 2 aromatic carbocycles. The maximum absolute atomic E-state index is 13.6. The van der Waals surface area contributed by atoms with Crippen molar-refractivity contribution < 1.29 is 18.0 Å². The molecule has 0 unspecified atom stereocenters. The zero-order valence-electron chi connectivity index (χ0n) is 11.8. The molecule has 1 fully saturated rings. The predicted molar refractivity (Wildman–Crippen MR) is 75.9 cm³/mol. The van der Waals surface area contributed by atoms with Crippen LogP contribution in [0.1, 0.15) is 28.8 Å². The quantitative estimate of drug-likeness (QED) is 0.921. The van der Waals surface area contributed by atoms with Crippen molar-refractivity contribution in [2.75, 3.05) is 0 Å². The van der Waals surface area contributed by atoms with Crippen molar-refractivity contribution >= 4 is 5.91 Å². The maximum Gasteiger partial charge on any atom is 0.257 e. The van der Waals surface area contributed by atoms with Gasteiger partial charge in [-0.15, -0.1) is 0 Å². The van der Waals surface area contributed by atoms with Crippen molar-refractivity contribution in [3.05, 3.63) is 71.0 Å². The summed E-state index contributed by atoms with van der Waals surface area (Å²) in [6.45, 7) is 1.93. The van der Waals surface area contributed by atoms with E-state index >= 15 is 0 Å². The first-order valence-corrected chi connectivity index (χ1v) is 6.99. The van der Waals surface area contributed by atoms with Gasteiger partial charge in [0.05, 0.1) is 0 Å². The van der Waals surface area contributed by atoms with E-state index in [1.165, 1.54) is 18.2 Å². The predicted octanol–water partition coefficient (Wildman–Crippen LogP) is 3.64. The molecule has 22 heavy (non-hydrogen) atoms. The van der Waals surface area contributed by atoms with Gasteiger partial charge >= 0.3 is 0 Å². The summed E-state index contributed by atoms with van der Waals surface area (Å²) in [5.41, 5.74) is 0.327. The van der Waals surface area contributed by atoms with E-state index in [9.17, 15) is 18.0 Å². The van der Waals surface area contributed by atoms with Crippen molar-refractivity contribution in [2.45, 2.75) is 18.9 Å². The molecular weight excluding hydrogens is 291 g/mol. The Balaban J connectivity index is 1.74. The molecule has 0 spiro atoms. The zero-order chi connectivity index (χ0) is 15.9. The van der Waals surface area contributed by atoms with Gasteiger partial charge in [0.2, 0.25) is 0 Å². The fourth-order valence-corrected chi connectivity index (χ4v) is 2.82. The number of nitrogens with one attached hydrogen (secondary N) is 1. The van der Waals surface area contributed by atoms with E-state index in [0.29, 0.717) is 0 Å². The second-order valence-corrected chi connectivity index (χ2v) is 5.53. The lowest BCUT2D eigenvalue weighted by molar-refractivity contribution is 0.0940. The minimum Gasteiger partial charge on any atom is -0.348 e. The molecule has 2 nitrogen and oxygen atoms in total. The second-order valence-electron chi connectivity index (χ2n) is 5.53. The smallest absolute Gasteiger partial charge is 0.257 e. The average molecular weight is 305 g/mol. The van der Waals surface area contributed by atoms with Crippen LogP contribution in [0.3, 0.4) is 0 Å². The van der Waals surface area contributed by atoms with Crippen LogP contribution in [-0.2, 0) is 0 Å². The topological polar surface area (TPSA) is 29.1 Å². The lowest BCUT2D eigenvalue weighted by Gasteiger charge is -2.07. The molecule has 1 amide bonds. The van der Waals surface area contributed by atoms with Crippen molar-refractivity contribution in [3.63, 3.8) is 0 Å². The molecule has 1 saturated carbocycles. The van der Waals surface area contributed by atoms with Gasteiger partial charge in [-0.25, -0.2) is 13.2 Å². The molecule has 114 valence electrons. The lowest BCUT2D eigenvalue weighted by atomic mass is 10.1. The summed E-state index contributed by atoms with van der Waals surface area (Å²) in [6, 6.07) is 9.13. The Kier molecular flexibility index (Phi) is 3.64. The van der Waals surface area contributed by atoms with E-state index in [0.717, 1.165) is 17.7 Å². The highest BCUT2D eigenvalue weighted by atomic mass is 19.1. The molecule has 0 saturated heterocycles. The van der Waals surface area contributed by atoms with Gasteiger partial charge in [0, 0.05) is 12.0 Å². The van der Waals surface area contributed by atoms with Crippen molar-refractivity contribution in [1.29, 1.82) is 0 Å². The van der Waals surface area contributed by atoms with E-state index < -0.39 is 23.1 Å². The number of carbonyl (C=O) groups excluding carboxylic acids is 1. The van der Waals surface area contributed by atoms with Crippen molar-refractivity contribution in [1.82, 2.24) is 5.32 Å². The van der Waals surface area contributed by atoms with E-state index in [1.54, 1.807) is 12.1 Å². The van der Waals surface area contributed by atoms with Crippen LogP contribution in [0.15, 0.2) is 42.5 Å². The standard InChI is InChI=1S/C17H14F3NO/c1-9-14(10-5-7-11(18)8-6-10)16(9)21-17(22)15-12(19)3-2-4-13(15)20/h2-9,14,16H,1H3,(H,21,22)/t9-,14+,16+/m0/s1. The highest BCUT2D eigenvalue weighted by Gasteiger charge is 2.48. The summed E-state index contributed by atoms with van der Waals surface area (Å²) in [7, 11) is 0. The molecule has 0 heterocycles. The Bertz CT molecular complexity index is 694. The minimum atomic E-state index is -0.885. The van der Waals surface area contributed by atoms with Crippen molar-refractivity contribution in [3.8, 4) is 0 Å². The number of halogens is 3. The highest BCUT2D eigenvalue weighted by molar-refractivity contribution is 5.95. The van der Waals surface area contributed by atoms with Gasteiger partial charge in [0.25, 0.3) is 5.91 Å². The van der Waals surface area contributed by atoms with E-state index in [2.05, 4.69) is 5.32 Å². The van der Waals surface area contributed by atoms with Crippen LogP contribution >= 0.6 is 0 Å². The maximum atomic E-state index is 13.6. The van der Waals surface area contributed by atoms with Gasteiger partial charge in [0.15, 0.2) is 0 Å². The van der Waals surface area contributed by atoms with Crippen LogP contribution in [-0.4, -0.2) is 11.9 Å². The third-order valence-corrected chi connectivity index (χ3v) is 4.12. The van der Waals surface area contributed by atoms with Crippen molar-refractivity contribution in [2.24, 2.45) is 5.92 Å². The first-order valence-electron chi connectivity index (χ1n) is 6.99. The van der Waals surface area contributed by atoms with Crippen LogP contribution in [0.4, 0.5) is 13.2 Å². The SMILES string of the molecule is C[C@@H]1[C@@H](NC(=O)c2c(F)cccc2F)[C@H]1c1ccc(F)cc1. The molecule has 0 aromatic heterocycles. The molecule has 1 N–H and O–H groups in total. The van der Waals surface area contributed by atoms with E-state index in [-0.39, 0.29) is 23.7 Å². The van der Waals surface area contributed by atoms with Gasteiger partial charge in [-0.1, -0.05) is 25.1 Å². The van der Waals surface area contributed by atoms with Gasteiger partial charge in [-0.3, -0.25) is 4.79 Å². The monoisotopic (exact) mass is 305 g/mol. The Hall–Kier alpha value is -2.30.